The third-order valence-electron chi connectivity index (χ3n) is 2.00. The van der Waals surface area contributed by atoms with Crippen LogP contribution in [0.15, 0.2) is 0 Å². The van der Waals surface area contributed by atoms with Crippen molar-refractivity contribution in [3.05, 3.63) is 0 Å². The molecule has 6 N–H and O–H groups in total. The van der Waals surface area contributed by atoms with E-state index >= 15 is 0 Å². The molecule has 0 spiro atoms. The van der Waals surface area contributed by atoms with Crippen molar-refractivity contribution in [1.29, 1.82) is 0 Å². The van der Waals surface area contributed by atoms with Gasteiger partial charge in [-0.05, 0) is 0 Å². The van der Waals surface area contributed by atoms with Gasteiger partial charge in [0.05, 0.1) is 0 Å². The Balaban J connectivity index is 5.99. The molecule has 0 aromatic rings. The minimum Gasteiger partial charge on any atom is -0.478 e. The molecule has 0 bridgehead atoms. The lowest BCUT2D eigenvalue weighted by Gasteiger charge is -2.47. The summed E-state index contributed by atoms with van der Waals surface area (Å²) in [6.45, 7) is 0. The largest absolute Gasteiger partial charge is 0.478 e. The van der Waals surface area contributed by atoms with Gasteiger partial charge < -0.3 is 30.6 Å². The fourth-order valence-electron chi connectivity index (χ4n) is 0.780. The van der Waals surface area contributed by atoms with Gasteiger partial charge in [0.15, 0.2) is 0 Å². The van der Waals surface area contributed by atoms with Gasteiger partial charge in [0, 0.05) is 0 Å². The molecular formula is C6H6Cl6O7. The van der Waals surface area contributed by atoms with Gasteiger partial charge in [-0.3, -0.25) is 0 Å². The van der Waals surface area contributed by atoms with E-state index in [1.165, 1.54) is 0 Å². The molecule has 7 nitrogen and oxygen atoms in total. The lowest BCUT2D eigenvalue weighted by Crippen LogP contribution is -2.73. The molecule has 0 rings (SSSR count). The SMILES string of the molecule is O=C(O)[C@@](O)(Cl)[C@](O)(Cl)[C@@](O)(Cl)[C@@](O)(Cl)C(O)(Cl)Cl. The smallest absolute Gasteiger partial charge is 0.356 e. The van der Waals surface area contributed by atoms with E-state index in [0.717, 1.165) is 0 Å². The number of aliphatic carboxylic acids is 1. The fraction of sp³-hybridized carbons (Fsp3) is 0.833. The van der Waals surface area contributed by atoms with E-state index in [2.05, 4.69) is 0 Å². The number of alkyl halides is 6. The van der Waals surface area contributed by atoms with E-state index in [9.17, 15) is 25.2 Å². The quantitative estimate of drug-likeness (QED) is 0.353. The summed E-state index contributed by atoms with van der Waals surface area (Å²) in [5.41, 5.74) is 0. The Morgan fingerprint density at radius 2 is 1.00 bits per heavy atom. The first-order chi connectivity index (χ1) is 7.94. The topological polar surface area (TPSA) is 138 Å². The van der Waals surface area contributed by atoms with Gasteiger partial charge >= 0.3 is 5.97 Å². The summed E-state index contributed by atoms with van der Waals surface area (Å²) in [7, 11) is 0. The van der Waals surface area contributed by atoms with Crippen LogP contribution in [-0.4, -0.2) is 61.4 Å². The number of rotatable bonds is 5. The zero-order valence-corrected chi connectivity index (χ0v) is 12.9. The van der Waals surface area contributed by atoms with Crippen LogP contribution in [0.1, 0.15) is 0 Å². The highest BCUT2D eigenvalue weighted by Crippen LogP contribution is 2.54. The Morgan fingerprint density at radius 3 is 1.21 bits per heavy atom. The van der Waals surface area contributed by atoms with Gasteiger partial charge in [-0.25, -0.2) is 4.79 Å². The maximum absolute atomic E-state index is 10.6. The molecule has 13 heteroatoms. The lowest BCUT2D eigenvalue weighted by molar-refractivity contribution is -0.209. The normalized spacial score (nSPS) is 25.6. The second-order valence-corrected chi connectivity index (χ2v) is 6.81. The van der Waals surface area contributed by atoms with Crippen LogP contribution in [0.5, 0.6) is 0 Å². The Kier molecular flexibility index (Phi) is 5.61. The molecule has 0 aliphatic rings. The monoisotopic (exact) mass is 400 g/mol. The first kappa shape index (κ1) is 20.0. The number of hydrogen-bond donors (Lipinski definition) is 6. The Labute approximate surface area is 135 Å². The van der Waals surface area contributed by atoms with Crippen molar-refractivity contribution in [2.24, 2.45) is 0 Å². The highest BCUT2D eigenvalue weighted by Gasteiger charge is 2.76. The van der Waals surface area contributed by atoms with Crippen LogP contribution in [0.3, 0.4) is 0 Å². The van der Waals surface area contributed by atoms with E-state index in [1.54, 1.807) is 0 Å². The van der Waals surface area contributed by atoms with Crippen molar-refractivity contribution in [3.8, 4) is 0 Å². The number of halogens is 6. The Bertz CT molecular complexity index is 373. The first-order valence-electron chi connectivity index (χ1n) is 3.93. The minimum absolute atomic E-state index is 2.37. The molecule has 0 aliphatic heterocycles. The lowest BCUT2D eigenvalue weighted by atomic mass is 10.00. The van der Waals surface area contributed by atoms with E-state index in [1.807, 2.05) is 0 Å². The van der Waals surface area contributed by atoms with Crippen molar-refractivity contribution in [1.82, 2.24) is 0 Å². The summed E-state index contributed by atoms with van der Waals surface area (Å²) in [6.07, 6.45) is 0. The van der Waals surface area contributed by atoms with Gasteiger partial charge in [-0.1, -0.05) is 69.6 Å². The fourth-order valence-corrected chi connectivity index (χ4v) is 2.01. The summed E-state index contributed by atoms with van der Waals surface area (Å²) in [5, 5.41) is 40.3. The Hall–Kier alpha value is 1.01. The maximum Gasteiger partial charge on any atom is 0.356 e. The van der Waals surface area contributed by atoms with Crippen LogP contribution in [-0.2, 0) is 4.79 Å². The van der Waals surface area contributed by atoms with Crippen molar-refractivity contribution < 1.29 is 35.4 Å². The molecule has 0 aromatic heterocycles. The molecule has 114 valence electrons. The molecule has 0 heterocycles. The molecule has 0 aliphatic carbocycles. The van der Waals surface area contributed by atoms with Crippen molar-refractivity contribution >= 4 is 75.6 Å². The average Bonchev–Trinajstić information content (AvgIpc) is 2.14. The van der Waals surface area contributed by atoms with Crippen molar-refractivity contribution in [2.45, 2.75) is 24.8 Å². The van der Waals surface area contributed by atoms with E-state index < -0.39 is 30.7 Å². The van der Waals surface area contributed by atoms with E-state index in [4.69, 9.17) is 79.8 Å². The minimum atomic E-state index is -3.94. The summed E-state index contributed by atoms with van der Waals surface area (Å²) in [6, 6.07) is 0. The predicted octanol–water partition coefficient (Wildman–Crippen LogP) is -0.0957. The summed E-state index contributed by atoms with van der Waals surface area (Å²) < 4.78 is -3.43. The van der Waals surface area contributed by atoms with Gasteiger partial charge in [-0.2, -0.15) is 0 Å². The van der Waals surface area contributed by atoms with Crippen molar-refractivity contribution in [2.75, 3.05) is 0 Å². The third-order valence-corrected chi connectivity index (χ3v) is 5.11. The van der Waals surface area contributed by atoms with Gasteiger partial charge in [0.25, 0.3) is 9.58 Å². The second-order valence-electron chi connectivity index (χ2n) is 3.33. The van der Waals surface area contributed by atoms with Gasteiger partial charge in [0.1, 0.15) is 0 Å². The van der Waals surface area contributed by atoms with Crippen LogP contribution < -0.4 is 0 Å². The van der Waals surface area contributed by atoms with Gasteiger partial charge in [0.2, 0.25) is 15.2 Å². The highest BCUT2D eigenvalue weighted by molar-refractivity contribution is 6.54. The molecule has 0 fully saturated rings. The van der Waals surface area contributed by atoms with Gasteiger partial charge in [-0.15, -0.1) is 0 Å². The number of carbonyl (C=O) groups is 1. The zero-order chi connectivity index (χ0) is 16.1. The zero-order valence-electron chi connectivity index (χ0n) is 8.36. The summed E-state index contributed by atoms with van der Waals surface area (Å²) in [5.74, 6) is -2.37. The van der Waals surface area contributed by atoms with Crippen LogP contribution >= 0.6 is 69.6 Å². The first-order valence-corrected chi connectivity index (χ1v) is 6.20. The molecule has 0 radical (unpaired) electrons. The standard InChI is InChI=1S/C6H6Cl6O7/c7-2(15,1(13)14)3(8,16)4(9,17)5(10,18)6(11,12)19/h15-19H,(H,13,14)/t2-,3+,4-,5-/m0/s1. The third kappa shape index (κ3) is 2.97. The second kappa shape index (κ2) is 5.33. The maximum atomic E-state index is 10.6. The molecule has 0 amide bonds. The predicted molar refractivity (Wildman–Crippen MR) is 67.5 cm³/mol. The number of carboxylic acids is 1. The summed E-state index contributed by atoms with van der Waals surface area (Å²) >= 11 is 30.5. The van der Waals surface area contributed by atoms with Crippen molar-refractivity contribution in [3.63, 3.8) is 0 Å². The molecule has 0 aromatic carbocycles. The molecular weight excluding hydrogens is 397 g/mol. The highest BCUT2D eigenvalue weighted by atomic mass is 35.5. The number of aliphatic hydroxyl groups is 5. The van der Waals surface area contributed by atoms with Crippen LogP contribution in [0.2, 0.25) is 0 Å². The average molecular weight is 403 g/mol. The molecule has 0 saturated heterocycles. The van der Waals surface area contributed by atoms with E-state index in [-0.39, 0.29) is 0 Å². The van der Waals surface area contributed by atoms with Crippen LogP contribution in [0.4, 0.5) is 0 Å². The van der Waals surface area contributed by atoms with E-state index in [0.29, 0.717) is 0 Å². The Morgan fingerprint density at radius 1 is 0.684 bits per heavy atom. The van der Waals surface area contributed by atoms with Crippen LogP contribution in [0, 0.1) is 0 Å². The molecule has 0 saturated carbocycles. The van der Waals surface area contributed by atoms with Crippen LogP contribution in [0.25, 0.3) is 0 Å². The number of carboxylic acid groups (broad SMARTS) is 1. The molecule has 4 atom stereocenters. The number of hydrogen-bond acceptors (Lipinski definition) is 6. The summed E-state index contributed by atoms with van der Waals surface area (Å²) in [4.78, 5) is 10.6. The molecule has 0 unspecified atom stereocenters. The molecule has 19 heavy (non-hydrogen) atoms.